The number of nitrogens with one attached hydrogen (secondary N) is 1. The van der Waals surface area contributed by atoms with Crippen molar-refractivity contribution in [2.45, 2.75) is 84.7 Å². The second-order valence-corrected chi connectivity index (χ2v) is 9.66. The standard InChI is InChI=1S/C30H44N2O4/c1-5-7-8-9-10-20-32(30(35)31-27-17-15-26(16-18-27)23(3)4)21-19-24-11-13-25(14-12-24)22-28(29(33)34)36-6-2/h11-18,23,28H,5-10,19-22H2,1-4H3,(H,31,35)(H,33,34). The van der Waals surface area contributed by atoms with Gasteiger partial charge in [0.1, 0.15) is 0 Å². The maximum atomic E-state index is 13.1. The molecule has 6 nitrogen and oxygen atoms in total. The summed E-state index contributed by atoms with van der Waals surface area (Å²) >= 11 is 0. The van der Waals surface area contributed by atoms with Crippen molar-refractivity contribution in [2.24, 2.45) is 0 Å². The topological polar surface area (TPSA) is 78.9 Å². The van der Waals surface area contributed by atoms with Crippen molar-refractivity contribution in [2.75, 3.05) is 25.0 Å². The van der Waals surface area contributed by atoms with Crippen LogP contribution in [0.4, 0.5) is 10.5 Å². The number of amides is 2. The zero-order chi connectivity index (χ0) is 26.3. The number of aliphatic carboxylic acids is 1. The van der Waals surface area contributed by atoms with Gasteiger partial charge in [-0.1, -0.05) is 82.9 Å². The molecule has 0 saturated heterocycles. The molecule has 0 aliphatic carbocycles. The van der Waals surface area contributed by atoms with Gasteiger partial charge in [0.05, 0.1) is 0 Å². The van der Waals surface area contributed by atoms with Crippen LogP contribution in [0.1, 0.15) is 82.4 Å². The van der Waals surface area contributed by atoms with Gasteiger partial charge in [-0.2, -0.15) is 0 Å². The van der Waals surface area contributed by atoms with E-state index in [0.29, 0.717) is 25.5 Å². The van der Waals surface area contributed by atoms with Gasteiger partial charge in [0.2, 0.25) is 0 Å². The minimum Gasteiger partial charge on any atom is -0.479 e. The van der Waals surface area contributed by atoms with Gasteiger partial charge in [-0.25, -0.2) is 9.59 Å². The summed E-state index contributed by atoms with van der Waals surface area (Å²) < 4.78 is 5.32. The fraction of sp³-hybridized carbons (Fsp3) is 0.533. The predicted molar refractivity (Wildman–Crippen MR) is 147 cm³/mol. The van der Waals surface area contributed by atoms with E-state index in [4.69, 9.17) is 4.74 Å². The van der Waals surface area contributed by atoms with Crippen LogP contribution in [-0.2, 0) is 22.4 Å². The number of hydrogen-bond donors (Lipinski definition) is 2. The Kier molecular flexibility index (Phi) is 13.1. The second-order valence-electron chi connectivity index (χ2n) is 9.66. The molecule has 0 heterocycles. The molecule has 0 spiro atoms. The lowest BCUT2D eigenvalue weighted by atomic mass is 10.0. The Morgan fingerprint density at radius 2 is 1.53 bits per heavy atom. The molecule has 0 radical (unpaired) electrons. The Hall–Kier alpha value is -2.86. The van der Waals surface area contributed by atoms with E-state index in [0.717, 1.165) is 42.6 Å². The van der Waals surface area contributed by atoms with E-state index in [-0.39, 0.29) is 6.03 Å². The van der Waals surface area contributed by atoms with Crippen LogP contribution in [0.15, 0.2) is 48.5 Å². The lowest BCUT2D eigenvalue weighted by molar-refractivity contribution is -0.149. The lowest BCUT2D eigenvalue weighted by Crippen LogP contribution is -2.37. The van der Waals surface area contributed by atoms with E-state index < -0.39 is 12.1 Å². The van der Waals surface area contributed by atoms with Crippen LogP contribution in [-0.4, -0.2) is 47.8 Å². The summed E-state index contributed by atoms with van der Waals surface area (Å²) in [4.78, 5) is 26.4. The summed E-state index contributed by atoms with van der Waals surface area (Å²) in [6.45, 7) is 10.0. The van der Waals surface area contributed by atoms with E-state index in [1.54, 1.807) is 6.92 Å². The monoisotopic (exact) mass is 496 g/mol. The zero-order valence-corrected chi connectivity index (χ0v) is 22.5. The number of urea groups is 1. The van der Waals surface area contributed by atoms with Gasteiger partial charge in [0.15, 0.2) is 6.10 Å². The molecule has 0 fully saturated rings. The first-order valence-electron chi connectivity index (χ1n) is 13.4. The van der Waals surface area contributed by atoms with Crippen molar-refractivity contribution in [1.29, 1.82) is 0 Å². The maximum Gasteiger partial charge on any atom is 0.333 e. The quantitative estimate of drug-likeness (QED) is 0.248. The van der Waals surface area contributed by atoms with E-state index in [2.05, 4.69) is 38.2 Å². The summed E-state index contributed by atoms with van der Waals surface area (Å²) in [5, 5.41) is 12.4. The van der Waals surface area contributed by atoms with Crippen molar-refractivity contribution in [3.8, 4) is 0 Å². The van der Waals surface area contributed by atoms with E-state index in [1.807, 2.05) is 41.3 Å². The van der Waals surface area contributed by atoms with Crippen molar-refractivity contribution in [1.82, 2.24) is 4.90 Å². The summed E-state index contributed by atoms with van der Waals surface area (Å²) in [6.07, 6.45) is 5.99. The van der Waals surface area contributed by atoms with Gasteiger partial charge in [0.25, 0.3) is 0 Å². The molecule has 2 amide bonds. The van der Waals surface area contributed by atoms with Gasteiger partial charge in [0, 0.05) is 31.8 Å². The molecule has 6 heteroatoms. The first kappa shape index (κ1) is 29.4. The Balaban J connectivity index is 1.98. The number of anilines is 1. The summed E-state index contributed by atoms with van der Waals surface area (Å²) in [7, 11) is 0. The highest BCUT2D eigenvalue weighted by atomic mass is 16.5. The predicted octanol–water partition coefficient (Wildman–Crippen LogP) is 6.89. The lowest BCUT2D eigenvalue weighted by Gasteiger charge is -2.23. The second kappa shape index (κ2) is 16.0. The molecule has 0 aliphatic heterocycles. The van der Waals surface area contributed by atoms with Crippen molar-refractivity contribution < 1.29 is 19.4 Å². The minimum absolute atomic E-state index is 0.0691. The third kappa shape index (κ3) is 10.4. The molecule has 2 N–H and O–H groups in total. The number of carbonyl (C=O) groups is 2. The number of ether oxygens (including phenoxy) is 1. The maximum absolute atomic E-state index is 13.1. The summed E-state index contributed by atoms with van der Waals surface area (Å²) in [5.74, 6) is -0.490. The summed E-state index contributed by atoms with van der Waals surface area (Å²) in [6, 6.07) is 15.9. The van der Waals surface area contributed by atoms with E-state index in [1.165, 1.54) is 24.8 Å². The van der Waals surface area contributed by atoms with Crippen LogP contribution in [0, 0.1) is 0 Å². The van der Waals surface area contributed by atoms with Crippen molar-refractivity contribution >= 4 is 17.7 Å². The van der Waals surface area contributed by atoms with Crippen LogP contribution in [0.5, 0.6) is 0 Å². The first-order valence-corrected chi connectivity index (χ1v) is 13.4. The molecule has 2 aromatic rings. The third-order valence-electron chi connectivity index (χ3n) is 6.41. The minimum atomic E-state index is -0.944. The van der Waals surface area contributed by atoms with Gasteiger partial charge < -0.3 is 20.1 Å². The first-order chi connectivity index (χ1) is 17.3. The van der Waals surface area contributed by atoms with Crippen molar-refractivity contribution in [3.63, 3.8) is 0 Å². The number of carboxylic acids is 1. The molecule has 36 heavy (non-hydrogen) atoms. The van der Waals surface area contributed by atoms with Gasteiger partial charge in [-0.05, 0) is 54.5 Å². The largest absolute Gasteiger partial charge is 0.479 e. The average Bonchev–Trinajstić information content (AvgIpc) is 2.86. The molecule has 198 valence electrons. The molecule has 0 saturated carbocycles. The number of rotatable bonds is 16. The molecule has 1 unspecified atom stereocenters. The third-order valence-corrected chi connectivity index (χ3v) is 6.41. The average molecular weight is 497 g/mol. The highest BCUT2D eigenvalue weighted by Gasteiger charge is 2.18. The van der Waals surface area contributed by atoms with Crippen LogP contribution >= 0.6 is 0 Å². The fourth-order valence-electron chi connectivity index (χ4n) is 4.11. The molecule has 2 aromatic carbocycles. The van der Waals surface area contributed by atoms with Gasteiger partial charge >= 0.3 is 12.0 Å². The smallest absolute Gasteiger partial charge is 0.333 e. The number of unbranched alkanes of at least 4 members (excludes halogenated alkanes) is 4. The Labute approximate surface area is 217 Å². The molecular formula is C30H44N2O4. The number of nitrogens with zero attached hydrogens (tertiary/aromatic N) is 1. The number of carboxylic acid groups (broad SMARTS) is 1. The Morgan fingerprint density at radius 1 is 0.889 bits per heavy atom. The molecule has 0 bridgehead atoms. The van der Waals surface area contributed by atoms with Crippen LogP contribution in [0.2, 0.25) is 0 Å². The molecule has 2 rings (SSSR count). The van der Waals surface area contributed by atoms with E-state index >= 15 is 0 Å². The Morgan fingerprint density at radius 3 is 2.11 bits per heavy atom. The van der Waals surface area contributed by atoms with Crippen LogP contribution < -0.4 is 5.32 Å². The summed E-state index contributed by atoms with van der Waals surface area (Å²) in [5.41, 5.74) is 4.11. The zero-order valence-electron chi connectivity index (χ0n) is 22.5. The fourth-order valence-corrected chi connectivity index (χ4v) is 4.11. The van der Waals surface area contributed by atoms with Gasteiger partial charge in [-0.3, -0.25) is 0 Å². The van der Waals surface area contributed by atoms with Gasteiger partial charge in [-0.15, -0.1) is 0 Å². The highest BCUT2D eigenvalue weighted by molar-refractivity contribution is 5.89. The number of hydrogen-bond acceptors (Lipinski definition) is 3. The Bertz CT molecular complexity index is 910. The normalized spacial score (nSPS) is 11.9. The SMILES string of the molecule is CCCCCCCN(CCc1ccc(CC(OCC)C(=O)O)cc1)C(=O)Nc1ccc(C(C)C)cc1. The molecule has 1 atom stereocenters. The van der Waals surface area contributed by atoms with Crippen molar-refractivity contribution in [3.05, 3.63) is 65.2 Å². The highest BCUT2D eigenvalue weighted by Crippen LogP contribution is 2.18. The number of carbonyl (C=O) groups excluding carboxylic acids is 1. The molecule has 0 aromatic heterocycles. The number of benzene rings is 2. The molecule has 0 aliphatic rings. The van der Waals surface area contributed by atoms with Crippen LogP contribution in [0.3, 0.4) is 0 Å². The van der Waals surface area contributed by atoms with Crippen LogP contribution in [0.25, 0.3) is 0 Å². The van der Waals surface area contributed by atoms with E-state index in [9.17, 15) is 14.7 Å². The molecular weight excluding hydrogens is 452 g/mol.